The molecule has 33 heavy (non-hydrogen) atoms. The summed E-state index contributed by atoms with van der Waals surface area (Å²) in [6.45, 7) is 4.71. The number of hydrogen-bond acceptors (Lipinski definition) is 7. The first-order chi connectivity index (χ1) is 15.7. The first-order valence-corrected chi connectivity index (χ1v) is 12.6. The second-order valence-corrected chi connectivity index (χ2v) is 9.97. The highest BCUT2D eigenvalue weighted by atomic mass is 32.2. The molecule has 3 aromatic rings. The maximum absolute atomic E-state index is 12.4. The number of nitrogens with zero attached hydrogens (tertiary/aromatic N) is 1. The fourth-order valence-electron chi connectivity index (χ4n) is 2.86. The predicted molar refractivity (Wildman–Crippen MR) is 127 cm³/mol. The predicted octanol–water partition coefficient (Wildman–Crippen LogP) is 3.53. The van der Waals surface area contributed by atoms with E-state index < -0.39 is 34.5 Å². The number of rotatable bonds is 9. The maximum atomic E-state index is 12.4. The molecule has 0 saturated carbocycles. The van der Waals surface area contributed by atoms with Gasteiger partial charge in [0.15, 0.2) is 11.7 Å². The number of sulfonamides is 1. The quantitative estimate of drug-likeness (QED) is 0.446. The van der Waals surface area contributed by atoms with Crippen molar-refractivity contribution in [1.82, 2.24) is 9.71 Å². The molecule has 0 radical (unpaired) electrons. The van der Waals surface area contributed by atoms with E-state index in [1.54, 1.807) is 12.1 Å². The van der Waals surface area contributed by atoms with Crippen LogP contribution < -0.4 is 10.0 Å². The average molecular weight is 488 g/mol. The van der Waals surface area contributed by atoms with E-state index in [4.69, 9.17) is 4.74 Å². The molecule has 10 heteroatoms. The van der Waals surface area contributed by atoms with E-state index in [0.717, 1.165) is 23.2 Å². The summed E-state index contributed by atoms with van der Waals surface area (Å²) in [4.78, 5) is 28.7. The van der Waals surface area contributed by atoms with Crippen LogP contribution in [0, 0.1) is 6.92 Å². The van der Waals surface area contributed by atoms with E-state index in [9.17, 15) is 18.0 Å². The maximum Gasteiger partial charge on any atom is 0.324 e. The van der Waals surface area contributed by atoms with Gasteiger partial charge in [0.1, 0.15) is 6.04 Å². The number of benzene rings is 2. The number of aromatic nitrogens is 1. The summed E-state index contributed by atoms with van der Waals surface area (Å²) in [6, 6.07) is 13.1. The summed E-state index contributed by atoms with van der Waals surface area (Å²) in [7, 11) is -3.90. The molecule has 1 atom stereocenters. The van der Waals surface area contributed by atoms with Crippen molar-refractivity contribution in [2.45, 2.75) is 38.1 Å². The topological polar surface area (TPSA) is 114 Å². The van der Waals surface area contributed by atoms with Crippen molar-refractivity contribution >= 4 is 38.4 Å². The monoisotopic (exact) mass is 487 g/mol. The van der Waals surface area contributed by atoms with Crippen LogP contribution in [0.3, 0.4) is 0 Å². The largest absolute Gasteiger partial charge is 0.454 e. The van der Waals surface area contributed by atoms with E-state index in [2.05, 4.69) is 21.9 Å². The van der Waals surface area contributed by atoms with Gasteiger partial charge < -0.3 is 4.74 Å². The van der Waals surface area contributed by atoms with Crippen LogP contribution in [0.1, 0.15) is 25.0 Å². The van der Waals surface area contributed by atoms with Crippen LogP contribution in [-0.2, 0) is 30.8 Å². The Balaban J connectivity index is 1.50. The van der Waals surface area contributed by atoms with E-state index in [-0.39, 0.29) is 4.90 Å². The number of esters is 1. The zero-order valence-electron chi connectivity index (χ0n) is 18.5. The van der Waals surface area contributed by atoms with Crippen LogP contribution in [0.5, 0.6) is 0 Å². The number of aryl methyl sites for hydroxylation is 2. The van der Waals surface area contributed by atoms with E-state index in [0.29, 0.717) is 5.13 Å². The lowest BCUT2D eigenvalue weighted by atomic mass is 10.1. The minimum atomic E-state index is -3.90. The standard InChI is InChI=1S/C23H25N3O5S2/c1-4-17-7-9-18(10-8-17)20-14-32-23(24-20)25-21(27)13-31-22(28)16(3)26-33(29,30)19-11-5-15(2)6-12-19/h5-12,14,16,26H,4,13H2,1-3H3,(H,24,25,27)/t16-/m0/s1. The second kappa shape index (κ2) is 10.7. The zero-order valence-corrected chi connectivity index (χ0v) is 20.1. The number of anilines is 1. The van der Waals surface area contributed by atoms with Gasteiger partial charge >= 0.3 is 5.97 Å². The molecule has 0 aliphatic rings. The Labute approximate surface area is 197 Å². The van der Waals surface area contributed by atoms with Gasteiger partial charge in [0, 0.05) is 10.9 Å². The molecule has 0 aliphatic heterocycles. The van der Waals surface area contributed by atoms with Gasteiger partial charge in [-0.3, -0.25) is 14.9 Å². The smallest absolute Gasteiger partial charge is 0.324 e. The third kappa shape index (κ3) is 6.70. The summed E-state index contributed by atoms with van der Waals surface area (Å²) >= 11 is 1.25. The normalized spacial score (nSPS) is 12.2. The van der Waals surface area contributed by atoms with Gasteiger partial charge in [0.05, 0.1) is 10.6 Å². The minimum absolute atomic E-state index is 0.0365. The molecule has 0 spiro atoms. The first-order valence-electron chi connectivity index (χ1n) is 10.3. The van der Waals surface area contributed by atoms with Crippen molar-refractivity contribution in [2.75, 3.05) is 11.9 Å². The Bertz CT molecular complexity index is 1220. The highest BCUT2D eigenvalue weighted by Gasteiger charge is 2.23. The van der Waals surface area contributed by atoms with E-state index in [1.165, 1.54) is 36.0 Å². The summed E-state index contributed by atoms with van der Waals surface area (Å²) in [5.41, 5.74) is 3.80. The van der Waals surface area contributed by atoms with Crippen molar-refractivity contribution in [3.8, 4) is 11.3 Å². The Morgan fingerprint density at radius 1 is 1.09 bits per heavy atom. The molecule has 174 valence electrons. The zero-order chi connectivity index (χ0) is 24.0. The molecule has 0 bridgehead atoms. The average Bonchev–Trinajstić information content (AvgIpc) is 3.25. The molecule has 3 rings (SSSR count). The van der Waals surface area contributed by atoms with Crippen molar-refractivity contribution in [2.24, 2.45) is 0 Å². The van der Waals surface area contributed by atoms with Crippen LogP contribution in [0.15, 0.2) is 58.8 Å². The summed E-state index contributed by atoms with van der Waals surface area (Å²) in [5, 5.41) is 4.78. The molecular weight excluding hydrogens is 462 g/mol. The number of thiazole rings is 1. The first kappa shape index (κ1) is 24.6. The highest BCUT2D eigenvalue weighted by Crippen LogP contribution is 2.25. The van der Waals surface area contributed by atoms with Gasteiger partial charge in [-0.25, -0.2) is 13.4 Å². The lowest BCUT2D eigenvalue weighted by Gasteiger charge is -2.13. The molecule has 0 saturated heterocycles. The minimum Gasteiger partial charge on any atom is -0.454 e. The Morgan fingerprint density at radius 2 is 1.76 bits per heavy atom. The number of ether oxygens (including phenoxy) is 1. The van der Waals surface area contributed by atoms with Gasteiger partial charge in [-0.1, -0.05) is 48.9 Å². The van der Waals surface area contributed by atoms with Crippen LogP contribution in [0.2, 0.25) is 0 Å². The fourth-order valence-corrected chi connectivity index (χ4v) is 4.79. The molecule has 0 aliphatic carbocycles. The lowest BCUT2D eigenvalue weighted by Crippen LogP contribution is -2.40. The highest BCUT2D eigenvalue weighted by molar-refractivity contribution is 7.89. The van der Waals surface area contributed by atoms with Gasteiger partial charge in [-0.15, -0.1) is 11.3 Å². The number of hydrogen-bond donors (Lipinski definition) is 2. The fraction of sp³-hybridized carbons (Fsp3) is 0.261. The molecule has 1 amide bonds. The van der Waals surface area contributed by atoms with Gasteiger partial charge in [-0.05, 0) is 38.0 Å². The van der Waals surface area contributed by atoms with Gasteiger partial charge in [0.25, 0.3) is 5.91 Å². The molecule has 2 aromatic carbocycles. The molecule has 2 N–H and O–H groups in total. The van der Waals surface area contributed by atoms with Crippen LogP contribution in [-0.4, -0.2) is 37.9 Å². The van der Waals surface area contributed by atoms with Crippen LogP contribution >= 0.6 is 11.3 Å². The number of carbonyl (C=O) groups is 2. The molecule has 1 heterocycles. The Hall–Kier alpha value is -3.08. The number of nitrogens with one attached hydrogen (secondary N) is 2. The van der Waals surface area contributed by atoms with E-state index in [1.807, 2.05) is 36.6 Å². The second-order valence-electron chi connectivity index (χ2n) is 7.40. The third-order valence-corrected chi connectivity index (χ3v) is 7.09. The van der Waals surface area contributed by atoms with Gasteiger partial charge in [-0.2, -0.15) is 4.72 Å². The molecule has 1 aromatic heterocycles. The molecular formula is C23H25N3O5S2. The number of carbonyl (C=O) groups excluding carboxylic acids is 2. The summed E-state index contributed by atoms with van der Waals surface area (Å²) in [6.07, 6.45) is 0.948. The Kier molecular flexibility index (Phi) is 7.96. The number of amides is 1. The van der Waals surface area contributed by atoms with Crippen LogP contribution in [0.25, 0.3) is 11.3 Å². The van der Waals surface area contributed by atoms with Crippen molar-refractivity contribution in [1.29, 1.82) is 0 Å². The molecule has 0 fully saturated rings. The third-order valence-electron chi connectivity index (χ3n) is 4.77. The van der Waals surface area contributed by atoms with Crippen molar-refractivity contribution in [3.05, 3.63) is 65.0 Å². The van der Waals surface area contributed by atoms with Crippen LogP contribution in [0.4, 0.5) is 5.13 Å². The van der Waals surface area contributed by atoms with Crippen molar-refractivity contribution < 1.29 is 22.7 Å². The van der Waals surface area contributed by atoms with Crippen molar-refractivity contribution in [3.63, 3.8) is 0 Å². The summed E-state index contributed by atoms with van der Waals surface area (Å²) < 4.78 is 32.0. The Morgan fingerprint density at radius 3 is 2.39 bits per heavy atom. The van der Waals surface area contributed by atoms with Gasteiger partial charge in [0.2, 0.25) is 10.0 Å². The summed E-state index contributed by atoms with van der Waals surface area (Å²) in [5.74, 6) is -1.43. The SMILES string of the molecule is CCc1ccc(-c2csc(NC(=O)COC(=O)[C@H](C)NS(=O)(=O)c3ccc(C)cc3)n2)cc1. The molecule has 0 unspecified atom stereocenters. The van der Waals surface area contributed by atoms with E-state index >= 15 is 0 Å². The lowest BCUT2D eigenvalue weighted by molar-refractivity contribution is -0.148. The molecule has 8 nitrogen and oxygen atoms in total.